The smallest absolute Gasteiger partial charge is 0.189 e. The standard InChI is InChI=1S/C13H14ClFO2/c1-2-16-10-17-12-7-6-11(13(15)9-12)5-3-4-8-14/h6-7,9H,2,4,8,10H2,1H3. The van der Waals surface area contributed by atoms with Crippen molar-refractivity contribution in [1.82, 2.24) is 0 Å². The summed E-state index contributed by atoms with van der Waals surface area (Å²) < 4.78 is 23.7. The molecule has 0 saturated carbocycles. The molecule has 0 spiro atoms. The second-order valence-electron chi connectivity index (χ2n) is 3.14. The second kappa shape index (κ2) is 7.94. The van der Waals surface area contributed by atoms with Crippen LogP contribution in [-0.2, 0) is 4.74 Å². The maximum absolute atomic E-state index is 13.5. The maximum Gasteiger partial charge on any atom is 0.189 e. The third kappa shape index (κ3) is 5.08. The van der Waals surface area contributed by atoms with Crippen molar-refractivity contribution in [2.45, 2.75) is 13.3 Å². The number of alkyl halides is 1. The van der Waals surface area contributed by atoms with Crippen LogP contribution in [0.1, 0.15) is 18.9 Å². The van der Waals surface area contributed by atoms with E-state index in [1.165, 1.54) is 6.07 Å². The Labute approximate surface area is 106 Å². The molecular weight excluding hydrogens is 243 g/mol. The first kappa shape index (κ1) is 13.8. The summed E-state index contributed by atoms with van der Waals surface area (Å²) in [6.45, 7) is 2.54. The van der Waals surface area contributed by atoms with Crippen LogP contribution in [0, 0.1) is 17.7 Å². The number of rotatable bonds is 5. The van der Waals surface area contributed by atoms with Crippen LogP contribution >= 0.6 is 11.6 Å². The number of halogens is 2. The highest BCUT2D eigenvalue weighted by Gasteiger charge is 2.01. The molecule has 17 heavy (non-hydrogen) atoms. The lowest BCUT2D eigenvalue weighted by atomic mass is 10.2. The molecule has 0 radical (unpaired) electrons. The van der Waals surface area contributed by atoms with E-state index in [9.17, 15) is 4.39 Å². The fraction of sp³-hybridized carbons (Fsp3) is 0.385. The summed E-state index contributed by atoms with van der Waals surface area (Å²) in [4.78, 5) is 0. The Kier molecular flexibility index (Phi) is 6.46. The molecule has 0 fully saturated rings. The highest BCUT2D eigenvalue weighted by atomic mass is 35.5. The van der Waals surface area contributed by atoms with E-state index in [-0.39, 0.29) is 6.79 Å². The van der Waals surface area contributed by atoms with Crippen LogP contribution < -0.4 is 4.74 Å². The molecule has 0 atom stereocenters. The molecule has 1 aromatic carbocycles. The first-order chi connectivity index (χ1) is 8.27. The summed E-state index contributed by atoms with van der Waals surface area (Å²) in [5.41, 5.74) is 0.346. The Morgan fingerprint density at radius 2 is 2.24 bits per heavy atom. The predicted octanol–water partition coefficient (Wildman–Crippen LogP) is 3.18. The Morgan fingerprint density at radius 3 is 2.88 bits per heavy atom. The molecular formula is C13H14ClFO2. The molecule has 0 N–H and O–H groups in total. The van der Waals surface area contributed by atoms with Crippen molar-refractivity contribution in [1.29, 1.82) is 0 Å². The van der Waals surface area contributed by atoms with Gasteiger partial charge in [0.25, 0.3) is 0 Å². The Morgan fingerprint density at radius 1 is 1.41 bits per heavy atom. The molecule has 0 aliphatic carbocycles. The quantitative estimate of drug-likeness (QED) is 0.349. The van der Waals surface area contributed by atoms with E-state index in [1.54, 1.807) is 12.1 Å². The van der Waals surface area contributed by atoms with Gasteiger partial charge < -0.3 is 9.47 Å². The van der Waals surface area contributed by atoms with Crippen molar-refractivity contribution in [2.24, 2.45) is 0 Å². The van der Waals surface area contributed by atoms with E-state index >= 15 is 0 Å². The number of hydrogen-bond acceptors (Lipinski definition) is 2. The molecule has 0 aliphatic rings. The van der Waals surface area contributed by atoms with Crippen molar-refractivity contribution < 1.29 is 13.9 Å². The highest BCUT2D eigenvalue weighted by molar-refractivity contribution is 6.18. The molecule has 0 bridgehead atoms. The first-order valence-corrected chi connectivity index (χ1v) is 5.86. The molecule has 0 aromatic heterocycles. The monoisotopic (exact) mass is 256 g/mol. The van der Waals surface area contributed by atoms with E-state index in [0.29, 0.717) is 30.2 Å². The van der Waals surface area contributed by atoms with Crippen LogP contribution in [0.3, 0.4) is 0 Å². The minimum atomic E-state index is -0.402. The van der Waals surface area contributed by atoms with E-state index in [4.69, 9.17) is 21.1 Å². The zero-order valence-electron chi connectivity index (χ0n) is 9.63. The van der Waals surface area contributed by atoms with Gasteiger partial charge >= 0.3 is 0 Å². The Balaban J connectivity index is 2.63. The van der Waals surface area contributed by atoms with E-state index < -0.39 is 5.82 Å². The number of hydrogen-bond donors (Lipinski definition) is 0. The normalized spacial score (nSPS) is 9.59. The van der Waals surface area contributed by atoms with Crippen LogP contribution in [0.25, 0.3) is 0 Å². The van der Waals surface area contributed by atoms with Gasteiger partial charge in [-0.1, -0.05) is 11.8 Å². The minimum Gasteiger partial charge on any atom is -0.467 e. The van der Waals surface area contributed by atoms with Crippen LogP contribution in [0.15, 0.2) is 18.2 Å². The Bertz CT molecular complexity index is 410. The molecule has 0 unspecified atom stereocenters. The van der Waals surface area contributed by atoms with Gasteiger partial charge in [0.2, 0.25) is 0 Å². The number of ether oxygens (including phenoxy) is 2. The van der Waals surface area contributed by atoms with Crippen LogP contribution in [-0.4, -0.2) is 19.3 Å². The van der Waals surface area contributed by atoms with Crippen molar-refractivity contribution in [3.63, 3.8) is 0 Å². The summed E-state index contributed by atoms with van der Waals surface area (Å²) in [6.07, 6.45) is 0.545. The lowest BCUT2D eigenvalue weighted by Crippen LogP contribution is -2.02. The SMILES string of the molecule is CCOCOc1ccc(C#CCCCl)c(F)c1. The largest absolute Gasteiger partial charge is 0.467 e. The minimum absolute atomic E-state index is 0.118. The molecule has 0 amide bonds. The van der Waals surface area contributed by atoms with Gasteiger partial charge in [0.15, 0.2) is 6.79 Å². The van der Waals surface area contributed by atoms with Gasteiger partial charge in [-0.15, -0.1) is 11.6 Å². The topological polar surface area (TPSA) is 18.5 Å². The van der Waals surface area contributed by atoms with Crippen LogP contribution in [0.2, 0.25) is 0 Å². The van der Waals surface area contributed by atoms with E-state index in [2.05, 4.69) is 11.8 Å². The fourth-order valence-corrected chi connectivity index (χ4v) is 1.18. The molecule has 1 rings (SSSR count). The molecule has 0 saturated heterocycles. The highest BCUT2D eigenvalue weighted by Crippen LogP contribution is 2.16. The zero-order valence-corrected chi connectivity index (χ0v) is 10.4. The third-order valence-corrected chi connectivity index (χ3v) is 2.09. The van der Waals surface area contributed by atoms with E-state index in [1.807, 2.05) is 6.92 Å². The van der Waals surface area contributed by atoms with Gasteiger partial charge in [-0.05, 0) is 19.1 Å². The lowest BCUT2D eigenvalue weighted by molar-refractivity contribution is 0.0222. The molecule has 1 aromatic rings. The molecule has 4 heteroatoms. The predicted molar refractivity (Wildman–Crippen MR) is 65.7 cm³/mol. The third-order valence-electron chi connectivity index (χ3n) is 1.90. The van der Waals surface area contributed by atoms with Crippen molar-refractivity contribution in [3.8, 4) is 17.6 Å². The van der Waals surface area contributed by atoms with Crippen molar-refractivity contribution in [2.75, 3.05) is 19.3 Å². The van der Waals surface area contributed by atoms with Crippen molar-refractivity contribution >= 4 is 11.6 Å². The average molecular weight is 257 g/mol. The summed E-state index contributed by atoms with van der Waals surface area (Å²) in [7, 11) is 0. The molecule has 2 nitrogen and oxygen atoms in total. The molecule has 0 aliphatic heterocycles. The molecule has 0 heterocycles. The second-order valence-corrected chi connectivity index (χ2v) is 3.52. The summed E-state index contributed by atoms with van der Waals surface area (Å²) in [5, 5.41) is 0. The summed E-state index contributed by atoms with van der Waals surface area (Å²) in [5.74, 6) is 5.96. The molecule has 92 valence electrons. The van der Waals surface area contributed by atoms with Crippen LogP contribution in [0.4, 0.5) is 4.39 Å². The lowest BCUT2D eigenvalue weighted by Gasteiger charge is -2.06. The van der Waals surface area contributed by atoms with Gasteiger partial charge in [-0.25, -0.2) is 4.39 Å². The summed E-state index contributed by atoms with van der Waals surface area (Å²) >= 11 is 5.47. The van der Waals surface area contributed by atoms with Gasteiger partial charge in [0.05, 0.1) is 5.56 Å². The van der Waals surface area contributed by atoms with Gasteiger partial charge in [-0.3, -0.25) is 0 Å². The fourth-order valence-electron chi connectivity index (χ4n) is 1.09. The Hall–Kier alpha value is -1.24. The first-order valence-electron chi connectivity index (χ1n) is 5.33. The summed E-state index contributed by atoms with van der Waals surface area (Å²) in [6, 6.07) is 4.54. The van der Waals surface area contributed by atoms with Gasteiger partial charge in [-0.2, -0.15) is 0 Å². The van der Waals surface area contributed by atoms with Crippen LogP contribution in [0.5, 0.6) is 5.75 Å². The average Bonchev–Trinajstić information content (AvgIpc) is 2.32. The van der Waals surface area contributed by atoms with E-state index in [0.717, 1.165) is 0 Å². The maximum atomic E-state index is 13.5. The zero-order chi connectivity index (χ0) is 12.5. The van der Waals surface area contributed by atoms with Gasteiger partial charge in [0, 0.05) is 25.0 Å². The van der Waals surface area contributed by atoms with Crippen molar-refractivity contribution in [3.05, 3.63) is 29.6 Å². The van der Waals surface area contributed by atoms with Gasteiger partial charge in [0.1, 0.15) is 11.6 Å². The number of benzene rings is 1.